The zero-order chi connectivity index (χ0) is 45.6. The monoisotopic (exact) mass is 863 g/mol. The maximum atomic E-state index is 10.5. The van der Waals surface area contributed by atoms with Crippen molar-refractivity contribution in [3.8, 4) is 124 Å². The van der Waals surface area contributed by atoms with Crippen molar-refractivity contribution in [2.24, 2.45) is 0 Å². The van der Waals surface area contributed by atoms with Crippen LogP contribution in [0.25, 0.3) is 123 Å². The van der Waals surface area contributed by atoms with Gasteiger partial charge in [0, 0.05) is 22.3 Å². The molecule has 0 N–H and O–H groups in total. The van der Waals surface area contributed by atoms with Crippen LogP contribution in [0.2, 0.25) is 0 Å². The van der Waals surface area contributed by atoms with Crippen LogP contribution in [-0.2, 0) is 0 Å². The average molecular weight is 864 g/mol. The molecule has 1 aliphatic rings. The van der Waals surface area contributed by atoms with Crippen LogP contribution in [0.1, 0.15) is 11.1 Å². The minimum Gasteiger partial charge on any atom is -0.208 e. The highest BCUT2D eigenvalue weighted by Crippen LogP contribution is 2.52. The Balaban J connectivity index is 0.859. The van der Waals surface area contributed by atoms with Gasteiger partial charge in [-0.25, -0.2) is 15.0 Å². The summed E-state index contributed by atoms with van der Waals surface area (Å²) in [6.07, 6.45) is 0. The molecule has 0 aliphatic heterocycles. The van der Waals surface area contributed by atoms with Crippen LogP contribution >= 0.6 is 0 Å². The third-order valence-electron chi connectivity index (χ3n) is 13.0. The standard InChI is InChI=1S/C63H37N5/c64-38-40-20-22-43(23-21-40)48-13-8-14-50(36-48)63-67-61(46-10-2-1-3-11-46)66-62(68-63)47-30-28-42(29-31-47)41-24-26-44(27-25-41)49-32-33-51(39-65)58(37-49)53-16-5-4-15-52(53)57-35-34-45-12-9-19-55-54-17-6-7-18-56(54)60(57)59(45)55/h1-37H. The lowest BCUT2D eigenvalue weighted by atomic mass is 9.86. The van der Waals surface area contributed by atoms with E-state index in [0.29, 0.717) is 28.6 Å². The summed E-state index contributed by atoms with van der Waals surface area (Å²) in [4.78, 5) is 14.9. The molecule has 0 radical (unpaired) electrons. The van der Waals surface area contributed by atoms with Crippen molar-refractivity contribution >= 4 is 10.8 Å². The Hall–Kier alpha value is -9.55. The third-order valence-corrected chi connectivity index (χ3v) is 13.0. The van der Waals surface area contributed by atoms with E-state index < -0.39 is 0 Å². The Morgan fingerprint density at radius 1 is 0.279 bits per heavy atom. The molecule has 0 unspecified atom stereocenters. The summed E-state index contributed by atoms with van der Waals surface area (Å²) in [5.74, 6) is 1.75. The lowest BCUT2D eigenvalue weighted by Crippen LogP contribution is -2.00. The van der Waals surface area contributed by atoms with Gasteiger partial charge in [0.2, 0.25) is 0 Å². The van der Waals surface area contributed by atoms with E-state index in [4.69, 9.17) is 15.0 Å². The summed E-state index contributed by atoms with van der Waals surface area (Å²) >= 11 is 0. The Morgan fingerprint density at radius 2 is 0.735 bits per heavy atom. The molecule has 1 aromatic heterocycles. The van der Waals surface area contributed by atoms with E-state index in [1.165, 1.54) is 33.0 Å². The number of benzene rings is 10. The van der Waals surface area contributed by atoms with E-state index >= 15 is 0 Å². The van der Waals surface area contributed by atoms with Crippen molar-refractivity contribution in [3.05, 3.63) is 236 Å². The van der Waals surface area contributed by atoms with Crippen molar-refractivity contribution in [1.82, 2.24) is 15.0 Å². The second-order valence-electron chi connectivity index (χ2n) is 17.0. The highest BCUT2D eigenvalue weighted by Gasteiger charge is 2.25. The second-order valence-corrected chi connectivity index (χ2v) is 17.0. The number of fused-ring (bicyclic) bond motifs is 3. The Bertz CT molecular complexity index is 3840. The Morgan fingerprint density at radius 3 is 1.38 bits per heavy atom. The van der Waals surface area contributed by atoms with Gasteiger partial charge in [-0.15, -0.1) is 0 Å². The van der Waals surface area contributed by atoms with E-state index in [1.807, 2.05) is 84.9 Å². The molecule has 0 atom stereocenters. The molecule has 10 aromatic carbocycles. The summed E-state index contributed by atoms with van der Waals surface area (Å²) in [5.41, 5.74) is 19.4. The highest BCUT2D eigenvalue weighted by molar-refractivity contribution is 6.19. The average Bonchev–Trinajstić information content (AvgIpc) is 3.76. The van der Waals surface area contributed by atoms with Crippen molar-refractivity contribution in [2.75, 3.05) is 0 Å². The molecule has 5 nitrogen and oxygen atoms in total. The summed E-state index contributed by atoms with van der Waals surface area (Å²) in [6, 6.07) is 81.7. The third kappa shape index (κ3) is 7.09. The van der Waals surface area contributed by atoms with Gasteiger partial charge >= 0.3 is 0 Å². The fourth-order valence-electron chi connectivity index (χ4n) is 9.63. The van der Waals surface area contributed by atoms with Gasteiger partial charge in [-0.05, 0) is 113 Å². The number of aromatic nitrogens is 3. The summed E-state index contributed by atoms with van der Waals surface area (Å²) < 4.78 is 0. The molecule has 0 amide bonds. The van der Waals surface area contributed by atoms with Crippen LogP contribution in [0.15, 0.2) is 224 Å². The van der Waals surface area contributed by atoms with Gasteiger partial charge in [0.1, 0.15) is 0 Å². The quantitative estimate of drug-likeness (QED) is 0.152. The van der Waals surface area contributed by atoms with Gasteiger partial charge in [0.15, 0.2) is 17.5 Å². The van der Waals surface area contributed by atoms with E-state index in [1.54, 1.807) is 0 Å². The molecular weight excluding hydrogens is 827 g/mol. The predicted molar refractivity (Wildman–Crippen MR) is 275 cm³/mol. The van der Waals surface area contributed by atoms with Crippen LogP contribution in [0.4, 0.5) is 0 Å². The maximum Gasteiger partial charge on any atom is 0.164 e. The molecule has 0 saturated heterocycles. The zero-order valence-electron chi connectivity index (χ0n) is 36.6. The first-order chi connectivity index (χ1) is 33.6. The molecule has 68 heavy (non-hydrogen) atoms. The lowest BCUT2D eigenvalue weighted by Gasteiger charge is -2.17. The molecule has 11 aromatic rings. The summed E-state index contributed by atoms with van der Waals surface area (Å²) in [5, 5.41) is 22.3. The first kappa shape index (κ1) is 40.0. The number of hydrogen-bond donors (Lipinski definition) is 0. The van der Waals surface area contributed by atoms with Gasteiger partial charge in [-0.3, -0.25) is 0 Å². The summed E-state index contributed by atoms with van der Waals surface area (Å²) in [6.45, 7) is 0. The van der Waals surface area contributed by atoms with Gasteiger partial charge in [0.05, 0.1) is 23.3 Å². The normalized spacial score (nSPS) is 11.2. The minimum absolute atomic E-state index is 0.575. The molecule has 0 bridgehead atoms. The van der Waals surface area contributed by atoms with Crippen molar-refractivity contribution < 1.29 is 0 Å². The molecule has 1 aliphatic carbocycles. The number of nitrogens with zero attached hydrogens (tertiary/aromatic N) is 5. The number of hydrogen-bond acceptors (Lipinski definition) is 5. The smallest absolute Gasteiger partial charge is 0.164 e. The van der Waals surface area contributed by atoms with Crippen LogP contribution < -0.4 is 0 Å². The fraction of sp³-hybridized carbons (Fsp3) is 0. The zero-order valence-corrected chi connectivity index (χ0v) is 36.6. The van der Waals surface area contributed by atoms with Crippen LogP contribution in [-0.4, -0.2) is 15.0 Å². The first-order valence-electron chi connectivity index (χ1n) is 22.5. The van der Waals surface area contributed by atoms with Crippen molar-refractivity contribution in [3.63, 3.8) is 0 Å². The van der Waals surface area contributed by atoms with Gasteiger partial charge < -0.3 is 0 Å². The maximum absolute atomic E-state index is 10.5. The van der Waals surface area contributed by atoms with Crippen LogP contribution in [0.3, 0.4) is 0 Å². The van der Waals surface area contributed by atoms with E-state index in [0.717, 1.165) is 72.3 Å². The first-order valence-corrected chi connectivity index (χ1v) is 22.5. The molecule has 0 spiro atoms. The van der Waals surface area contributed by atoms with E-state index in [9.17, 15) is 10.5 Å². The Kier molecular flexibility index (Phi) is 9.87. The molecule has 12 rings (SSSR count). The molecular formula is C63H37N5. The lowest BCUT2D eigenvalue weighted by molar-refractivity contribution is 1.07. The Labute approximate surface area is 394 Å². The highest BCUT2D eigenvalue weighted by atomic mass is 15.0. The van der Waals surface area contributed by atoms with Crippen LogP contribution in [0, 0.1) is 22.7 Å². The molecule has 0 fully saturated rings. The van der Waals surface area contributed by atoms with Crippen molar-refractivity contribution in [1.29, 1.82) is 10.5 Å². The molecule has 314 valence electrons. The second kappa shape index (κ2) is 16.8. The predicted octanol–water partition coefficient (Wildman–Crippen LogP) is 15.8. The minimum atomic E-state index is 0.575. The summed E-state index contributed by atoms with van der Waals surface area (Å²) in [7, 11) is 0. The fourth-order valence-corrected chi connectivity index (χ4v) is 9.63. The number of rotatable bonds is 8. The molecule has 1 heterocycles. The van der Waals surface area contributed by atoms with Gasteiger partial charge in [-0.1, -0.05) is 194 Å². The van der Waals surface area contributed by atoms with E-state index in [-0.39, 0.29) is 0 Å². The molecule has 0 saturated carbocycles. The topological polar surface area (TPSA) is 86.2 Å². The SMILES string of the molecule is N#Cc1ccc(-c2cccc(-c3nc(-c4ccccc4)nc(-c4ccc(-c5ccc(-c6ccc(C#N)c(-c7ccccc7-c7ccc8cccc9c8c7-c7ccccc7-9)c6)cc5)cc4)n3)c2)cc1. The van der Waals surface area contributed by atoms with E-state index in [2.05, 4.69) is 152 Å². The van der Waals surface area contributed by atoms with Gasteiger partial charge in [0.25, 0.3) is 0 Å². The van der Waals surface area contributed by atoms with Gasteiger partial charge in [-0.2, -0.15) is 10.5 Å². The number of nitriles is 2. The van der Waals surface area contributed by atoms with Crippen molar-refractivity contribution in [2.45, 2.75) is 0 Å². The van der Waals surface area contributed by atoms with Crippen LogP contribution in [0.5, 0.6) is 0 Å². The molecule has 5 heteroatoms. The largest absolute Gasteiger partial charge is 0.208 e.